The third kappa shape index (κ3) is 11.2. The van der Waals surface area contributed by atoms with Crippen LogP contribution >= 0.6 is 0 Å². The highest BCUT2D eigenvalue weighted by atomic mass is 16.5. The zero-order chi connectivity index (χ0) is 21.3. The van der Waals surface area contributed by atoms with Gasteiger partial charge in [-0.1, -0.05) is 19.1 Å². The van der Waals surface area contributed by atoms with E-state index in [9.17, 15) is 4.79 Å². The van der Waals surface area contributed by atoms with E-state index < -0.39 is 0 Å². The van der Waals surface area contributed by atoms with E-state index >= 15 is 0 Å². The number of carbonyl (C=O) groups excluding carboxylic acids is 1. The number of nitrogens with zero attached hydrogens (tertiary/aromatic N) is 1. The van der Waals surface area contributed by atoms with Crippen molar-refractivity contribution in [3.63, 3.8) is 0 Å². The van der Waals surface area contributed by atoms with Gasteiger partial charge in [0.2, 0.25) is 0 Å². The summed E-state index contributed by atoms with van der Waals surface area (Å²) in [5, 5.41) is 17.6. The predicted molar refractivity (Wildman–Crippen MR) is 117 cm³/mol. The molecule has 0 fully saturated rings. The maximum absolute atomic E-state index is 9.69. The van der Waals surface area contributed by atoms with Crippen LogP contribution < -0.4 is 4.74 Å². The minimum Gasteiger partial charge on any atom is -0.494 e. The highest BCUT2D eigenvalue weighted by Crippen LogP contribution is 2.21. The lowest BCUT2D eigenvalue weighted by Crippen LogP contribution is -1.97. The minimum absolute atomic E-state index is 0.0185. The van der Waals surface area contributed by atoms with Gasteiger partial charge >= 0.3 is 0 Å². The number of aryl methyl sites for hydroxylation is 1. The van der Waals surface area contributed by atoms with Crippen molar-refractivity contribution in [2.45, 2.75) is 45.4 Å². The van der Waals surface area contributed by atoms with Crippen LogP contribution in [0.3, 0.4) is 0 Å². The zero-order valence-corrected chi connectivity index (χ0v) is 17.3. The Hall–Kier alpha value is -2.50. The van der Waals surface area contributed by atoms with Gasteiger partial charge in [-0.15, -0.1) is 0 Å². The first-order valence-electron chi connectivity index (χ1n) is 10.1. The second-order valence-corrected chi connectivity index (χ2v) is 6.70. The lowest BCUT2D eigenvalue weighted by atomic mass is 10.1. The van der Waals surface area contributed by atoms with Gasteiger partial charge in [-0.2, -0.15) is 0 Å². The molecule has 0 atom stereocenters. The minimum atomic E-state index is 0.0185. The molecule has 0 radical (unpaired) electrons. The molecule has 0 spiro atoms. The Morgan fingerprint density at radius 2 is 1.66 bits per heavy atom. The number of pyridine rings is 1. The van der Waals surface area contributed by atoms with Crippen LogP contribution in [0, 0.1) is 0 Å². The standard InChI is InChI=1S/C20H27NO3.C4H6O/c22-13-3-1-2-4-15-24-19-10-8-18(9-11-19)20-12-7-17(16-21-20)6-5-14-23;1-3-4(2)5/h7-12,16,22-23H,1-6,13-15H2;3H,1H2,2H3. The Balaban J connectivity index is 0.000000749. The lowest BCUT2D eigenvalue weighted by Gasteiger charge is -2.07. The molecular weight excluding hydrogens is 366 g/mol. The average molecular weight is 400 g/mol. The van der Waals surface area contributed by atoms with Crippen LogP contribution in [-0.2, 0) is 11.2 Å². The summed E-state index contributed by atoms with van der Waals surface area (Å²) in [6.07, 6.45) is 8.81. The van der Waals surface area contributed by atoms with Gasteiger partial charge in [-0.25, -0.2) is 0 Å². The largest absolute Gasteiger partial charge is 0.494 e. The third-order valence-corrected chi connectivity index (χ3v) is 4.21. The molecule has 0 aliphatic heterocycles. The Kier molecular flexibility index (Phi) is 13.1. The summed E-state index contributed by atoms with van der Waals surface area (Å²) in [7, 11) is 0. The number of aromatic nitrogens is 1. The van der Waals surface area contributed by atoms with E-state index in [1.807, 2.05) is 36.5 Å². The first-order valence-corrected chi connectivity index (χ1v) is 10.1. The van der Waals surface area contributed by atoms with Gasteiger partial charge in [-0.05, 0) is 81.0 Å². The number of aliphatic hydroxyl groups excluding tert-OH is 2. The molecule has 5 nitrogen and oxygen atoms in total. The van der Waals surface area contributed by atoms with Crippen LogP contribution in [0.25, 0.3) is 11.3 Å². The predicted octanol–water partition coefficient (Wildman–Crippen LogP) is 4.37. The number of hydrogen-bond acceptors (Lipinski definition) is 5. The first-order chi connectivity index (χ1) is 14.1. The number of aliphatic hydroxyl groups is 2. The highest BCUT2D eigenvalue weighted by Gasteiger charge is 2.01. The number of rotatable bonds is 12. The molecule has 0 amide bonds. The van der Waals surface area contributed by atoms with E-state index in [0.717, 1.165) is 61.1 Å². The van der Waals surface area contributed by atoms with E-state index in [1.54, 1.807) is 0 Å². The lowest BCUT2D eigenvalue weighted by molar-refractivity contribution is -0.112. The van der Waals surface area contributed by atoms with E-state index in [0.29, 0.717) is 6.61 Å². The van der Waals surface area contributed by atoms with Crippen molar-refractivity contribution in [2.75, 3.05) is 19.8 Å². The molecule has 158 valence electrons. The fourth-order valence-electron chi connectivity index (χ4n) is 2.51. The smallest absolute Gasteiger partial charge is 0.152 e. The molecule has 2 N–H and O–H groups in total. The highest BCUT2D eigenvalue weighted by molar-refractivity contribution is 5.86. The summed E-state index contributed by atoms with van der Waals surface area (Å²) in [6, 6.07) is 12.1. The summed E-state index contributed by atoms with van der Waals surface area (Å²) in [6.45, 7) is 5.88. The first kappa shape index (κ1) is 24.5. The molecule has 1 aromatic carbocycles. The average Bonchev–Trinajstić information content (AvgIpc) is 2.76. The summed E-state index contributed by atoms with van der Waals surface area (Å²) in [5.74, 6) is 0.894. The Labute approximate surface area is 174 Å². The summed E-state index contributed by atoms with van der Waals surface area (Å²) in [5.41, 5.74) is 3.16. The van der Waals surface area contributed by atoms with E-state index in [2.05, 4.69) is 17.6 Å². The van der Waals surface area contributed by atoms with Crippen LogP contribution in [0.15, 0.2) is 55.3 Å². The number of allylic oxidation sites excluding steroid dienone is 1. The SMILES string of the molecule is C=CC(C)=O.OCCCCCCOc1ccc(-c2ccc(CCCO)cn2)cc1. The van der Waals surface area contributed by atoms with Crippen molar-refractivity contribution in [1.29, 1.82) is 0 Å². The number of carbonyl (C=O) groups is 1. The molecule has 0 bridgehead atoms. The maximum Gasteiger partial charge on any atom is 0.152 e. The number of ketones is 1. The Morgan fingerprint density at radius 1 is 1.00 bits per heavy atom. The Morgan fingerprint density at radius 3 is 2.21 bits per heavy atom. The van der Waals surface area contributed by atoms with Crippen molar-refractivity contribution in [3.8, 4) is 17.0 Å². The van der Waals surface area contributed by atoms with Crippen LogP contribution in [0.5, 0.6) is 5.75 Å². The topological polar surface area (TPSA) is 79.7 Å². The van der Waals surface area contributed by atoms with Gasteiger partial charge in [0.1, 0.15) is 5.75 Å². The van der Waals surface area contributed by atoms with Gasteiger partial charge in [0, 0.05) is 25.0 Å². The zero-order valence-electron chi connectivity index (χ0n) is 17.3. The number of benzene rings is 1. The fraction of sp³-hybridized carbons (Fsp3) is 0.417. The molecule has 1 heterocycles. The molecule has 0 aliphatic rings. The van der Waals surface area contributed by atoms with Gasteiger partial charge in [0.05, 0.1) is 12.3 Å². The fourth-order valence-corrected chi connectivity index (χ4v) is 2.51. The van der Waals surface area contributed by atoms with Crippen LogP contribution in [0.1, 0.15) is 44.6 Å². The summed E-state index contributed by atoms with van der Waals surface area (Å²) in [4.78, 5) is 14.2. The van der Waals surface area contributed by atoms with E-state index in [4.69, 9.17) is 14.9 Å². The van der Waals surface area contributed by atoms with Crippen molar-refractivity contribution in [2.24, 2.45) is 0 Å². The molecule has 1 aromatic heterocycles. The molecule has 29 heavy (non-hydrogen) atoms. The van der Waals surface area contributed by atoms with Crippen LogP contribution in [0.2, 0.25) is 0 Å². The van der Waals surface area contributed by atoms with E-state index in [1.165, 1.54) is 13.0 Å². The van der Waals surface area contributed by atoms with Crippen molar-refractivity contribution >= 4 is 5.78 Å². The number of ether oxygens (including phenoxy) is 1. The molecule has 0 saturated heterocycles. The maximum atomic E-state index is 9.69. The third-order valence-electron chi connectivity index (χ3n) is 4.21. The van der Waals surface area contributed by atoms with Gasteiger partial charge < -0.3 is 14.9 Å². The molecule has 5 heteroatoms. The number of unbranched alkanes of at least 4 members (excludes halogenated alkanes) is 3. The second-order valence-electron chi connectivity index (χ2n) is 6.70. The molecule has 2 rings (SSSR count). The monoisotopic (exact) mass is 399 g/mol. The van der Waals surface area contributed by atoms with Crippen molar-refractivity contribution in [1.82, 2.24) is 4.98 Å². The van der Waals surface area contributed by atoms with Crippen LogP contribution in [-0.4, -0.2) is 40.8 Å². The van der Waals surface area contributed by atoms with Crippen molar-refractivity contribution in [3.05, 3.63) is 60.8 Å². The summed E-state index contributed by atoms with van der Waals surface area (Å²) < 4.78 is 5.73. The molecule has 0 aliphatic carbocycles. The molecule has 2 aromatic rings. The Bertz CT molecular complexity index is 696. The van der Waals surface area contributed by atoms with E-state index in [-0.39, 0.29) is 19.0 Å². The number of hydrogen-bond donors (Lipinski definition) is 2. The van der Waals surface area contributed by atoms with Gasteiger partial charge in [0.15, 0.2) is 5.78 Å². The van der Waals surface area contributed by atoms with Gasteiger partial charge in [-0.3, -0.25) is 9.78 Å². The molecular formula is C24H33NO4. The van der Waals surface area contributed by atoms with Crippen LogP contribution in [0.4, 0.5) is 0 Å². The van der Waals surface area contributed by atoms with Crippen molar-refractivity contribution < 1.29 is 19.7 Å². The molecule has 0 saturated carbocycles. The normalized spacial score (nSPS) is 10.0. The second kappa shape index (κ2) is 15.4. The van der Waals surface area contributed by atoms with Gasteiger partial charge in [0.25, 0.3) is 0 Å². The summed E-state index contributed by atoms with van der Waals surface area (Å²) >= 11 is 0. The quantitative estimate of drug-likeness (QED) is 0.409. The molecule has 0 unspecified atom stereocenters.